The zero-order valence-corrected chi connectivity index (χ0v) is 18.7. The number of aliphatic hydroxyl groups is 1. The van der Waals surface area contributed by atoms with Crippen LogP contribution < -0.4 is 4.74 Å². The van der Waals surface area contributed by atoms with Crippen molar-refractivity contribution in [1.29, 1.82) is 0 Å². The summed E-state index contributed by atoms with van der Waals surface area (Å²) in [5, 5.41) is 11.1. The molecule has 0 radical (unpaired) electrons. The molecule has 1 aliphatic rings. The number of hydrogen-bond acceptors (Lipinski definition) is 5. The number of likely N-dealkylation sites (tertiary alicyclic amines) is 1. The average molecular weight is 441 g/mol. The number of carbonyl (C=O) groups is 2. The van der Waals surface area contributed by atoms with Crippen molar-refractivity contribution in [2.75, 3.05) is 33.3 Å². The van der Waals surface area contributed by atoms with E-state index in [-0.39, 0.29) is 23.4 Å². The van der Waals surface area contributed by atoms with E-state index in [0.29, 0.717) is 17.7 Å². The van der Waals surface area contributed by atoms with Gasteiger partial charge in [-0.2, -0.15) is 0 Å². The molecule has 1 N–H and O–H groups in total. The lowest BCUT2D eigenvalue weighted by molar-refractivity contribution is -0.140. The summed E-state index contributed by atoms with van der Waals surface area (Å²) in [6.07, 6.45) is 0.624. The van der Waals surface area contributed by atoms with Gasteiger partial charge in [-0.25, -0.2) is 4.39 Å². The van der Waals surface area contributed by atoms with Gasteiger partial charge in [-0.1, -0.05) is 44.2 Å². The number of halogens is 1. The highest BCUT2D eigenvalue weighted by molar-refractivity contribution is 6.46. The van der Waals surface area contributed by atoms with Crippen LogP contribution in [0.3, 0.4) is 0 Å². The lowest BCUT2D eigenvalue weighted by Gasteiger charge is -2.27. The molecule has 2 aromatic carbocycles. The quantitative estimate of drug-likeness (QED) is 0.363. The van der Waals surface area contributed by atoms with Gasteiger partial charge >= 0.3 is 0 Å². The molecule has 1 aliphatic heterocycles. The fourth-order valence-corrected chi connectivity index (χ4v) is 4.06. The predicted octanol–water partition coefficient (Wildman–Crippen LogP) is 3.99. The predicted molar refractivity (Wildman–Crippen MR) is 121 cm³/mol. The van der Waals surface area contributed by atoms with E-state index in [1.165, 1.54) is 18.1 Å². The van der Waals surface area contributed by atoms with Crippen molar-refractivity contribution < 1.29 is 23.8 Å². The molecule has 170 valence electrons. The van der Waals surface area contributed by atoms with Gasteiger partial charge in [-0.15, -0.1) is 0 Å². The molecule has 1 amide bonds. The zero-order valence-electron chi connectivity index (χ0n) is 18.7. The second-order valence-corrected chi connectivity index (χ2v) is 7.63. The maximum Gasteiger partial charge on any atom is 0.295 e. The van der Waals surface area contributed by atoms with Crippen LogP contribution in [0.2, 0.25) is 0 Å². The summed E-state index contributed by atoms with van der Waals surface area (Å²) >= 11 is 0. The molecule has 1 saturated heterocycles. The van der Waals surface area contributed by atoms with Gasteiger partial charge in [0.1, 0.15) is 17.3 Å². The second-order valence-electron chi connectivity index (χ2n) is 7.63. The first-order valence-corrected chi connectivity index (χ1v) is 10.8. The molecule has 1 heterocycles. The summed E-state index contributed by atoms with van der Waals surface area (Å²) in [7, 11) is 1.49. The van der Waals surface area contributed by atoms with Crippen molar-refractivity contribution in [2.24, 2.45) is 0 Å². The third-order valence-corrected chi connectivity index (χ3v) is 5.85. The van der Waals surface area contributed by atoms with Gasteiger partial charge in [0.2, 0.25) is 0 Å². The normalized spacial score (nSPS) is 17.9. The number of aliphatic hydroxyl groups excluding tert-OH is 1. The Kier molecular flexibility index (Phi) is 7.64. The molecule has 1 fully saturated rings. The zero-order chi connectivity index (χ0) is 23.3. The number of hydrogen-bond donors (Lipinski definition) is 1. The van der Waals surface area contributed by atoms with E-state index in [0.717, 1.165) is 19.6 Å². The van der Waals surface area contributed by atoms with Crippen molar-refractivity contribution in [1.82, 2.24) is 9.80 Å². The fraction of sp³-hybridized carbons (Fsp3) is 0.360. The van der Waals surface area contributed by atoms with Crippen LogP contribution in [0.5, 0.6) is 5.75 Å². The molecule has 32 heavy (non-hydrogen) atoms. The second kappa shape index (κ2) is 10.4. The molecule has 0 aliphatic carbocycles. The van der Waals surface area contributed by atoms with E-state index >= 15 is 0 Å². The highest BCUT2D eigenvalue weighted by Crippen LogP contribution is 2.40. The summed E-state index contributed by atoms with van der Waals surface area (Å²) in [5.74, 6) is -1.94. The monoisotopic (exact) mass is 440 g/mol. The van der Waals surface area contributed by atoms with Gasteiger partial charge in [0.25, 0.3) is 11.7 Å². The molecule has 0 spiro atoms. The Balaban J connectivity index is 2.06. The Morgan fingerprint density at radius 2 is 1.84 bits per heavy atom. The maximum atomic E-state index is 14.8. The van der Waals surface area contributed by atoms with Gasteiger partial charge in [0.05, 0.1) is 18.7 Å². The van der Waals surface area contributed by atoms with Crippen molar-refractivity contribution in [3.05, 3.63) is 71.0 Å². The van der Waals surface area contributed by atoms with Crippen LogP contribution in [0.4, 0.5) is 4.39 Å². The minimum absolute atomic E-state index is 0.115. The third kappa shape index (κ3) is 4.67. The summed E-state index contributed by atoms with van der Waals surface area (Å²) < 4.78 is 20.0. The SMILES string of the molecule is CCN(CC)CCCN1C(=O)C(=O)C(=C(O)c2cccc(OC)c2)[C@@H]1c1ccccc1F. The first-order valence-electron chi connectivity index (χ1n) is 10.8. The Hall–Kier alpha value is -3.19. The summed E-state index contributed by atoms with van der Waals surface area (Å²) in [6.45, 7) is 6.89. The fourth-order valence-electron chi connectivity index (χ4n) is 4.06. The number of Topliss-reactive ketones (excluding diaryl/α,β-unsaturated/α-hetero) is 1. The van der Waals surface area contributed by atoms with Crippen LogP contribution in [0.15, 0.2) is 54.1 Å². The lowest BCUT2D eigenvalue weighted by Crippen LogP contribution is -2.33. The summed E-state index contributed by atoms with van der Waals surface area (Å²) in [4.78, 5) is 29.6. The van der Waals surface area contributed by atoms with Crippen LogP contribution >= 0.6 is 0 Å². The Bertz CT molecular complexity index is 1020. The van der Waals surface area contributed by atoms with Crippen molar-refractivity contribution >= 4 is 17.4 Å². The summed E-state index contributed by atoms with van der Waals surface area (Å²) in [5.41, 5.74) is 0.391. The Labute approximate surface area is 187 Å². The Morgan fingerprint density at radius 1 is 1.12 bits per heavy atom. The minimum atomic E-state index is -1.00. The number of methoxy groups -OCH3 is 1. The molecule has 0 saturated carbocycles. The number of amides is 1. The van der Waals surface area contributed by atoms with Gasteiger partial charge in [0.15, 0.2) is 0 Å². The number of ketones is 1. The highest BCUT2D eigenvalue weighted by Gasteiger charge is 2.46. The first-order chi connectivity index (χ1) is 15.4. The standard InChI is InChI=1S/C25H29FN2O4/c1-4-27(5-2)14-9-15-28-22(19-12-6-7-13-20(19)26)21(24(30)25(28)31)23(29)17-10-8-11-18(16-17)32-3/h6-8,10-13,16,22,29H,4-5,9,14-15H2,1-3H3/t22-/m0/s1. The number of rotatable bonds is 9. The van der Waals surface area contributed by atoms with Crippen LogP contribution in [0.1, 0.15) is 37.4 Å². The van der Waals surface area contributed by atoms with Crippen molar-refractivity contribution in [3.63, 3.8) is 0 Å². The van der Waals surface area contributed by atoms with Crippen molar-refractivity contribution in [2.45, 2.75) is 26.3 Å². The molecular formula is C25H29FN2O4. The van der Waals surface area contributed by atoms with Gasteiger partial charge in [0, 0.05) is 17.7 Å². The highest BCUT2D eigenvalue weighted by atomic mass is 19.1. The van der Waals surface area contributed by atoms with Gasteiger partial charge < -0.3 is 19.6 Å². The molecular weight excluding hydrogens is 411 g/mol. The van der Waals surface area contributed by atoms with E-state index in [1.807, 2.05) is 0 Å². The molecule has 3 rings (SSSR count). The van der Waals surface area contributed by atoms with E-state index < -0.39 is 23.5 Å². The largest absolute Gasteiger partial charge is 0.507 e. The molecule has 2 aromatic rings. The number of nitrogens with zero attached hydrogens (tertiary/aromatic N) is 2. The van der Waals surface area contributed by atoms with Crippen LogP contribution in [0, 0.1) is 5.82 Å². The molecule has 0 bridgehead atoms. The van der Waals surface area contributed by atoms with Gasteiger partial charge in [-0.3, -0.25) is 9.59 Å². The maximum absolute atomic E-state index is 14.8. The molecule has 0 aromatic heterocycles. The van der Waals surface area contributed by atoms with Crippen LogP contribution in [-0.2, 0) is 9.59 Å². The number of ether oxygens (including phenoxy) is 1. The molecule has 6 nitrogen and oxygen atoms in total. The first kappa shape index (κ1) is 23.5. The lowest BCUT2D eigenvalue weighted by atomic mass is 9.95. The van der Waals surface area contributed by atoms with E-state index in [4.69, 9.17) is 4.74 Å². The molecule has 7 heteroatoms. The molecule has 0 unspecified atom stereocenters. The van der Waals surface area contributed by atoms with E-state index in [1.54, 1.807) is 42.5 Å². The van der Waals surface area contributed by atoms with Crippen LogP contribution in [0.25, 0.3) is 5.76 Å². The smallest absolute Gasteiger partial charge is 0.295 e. The average Bonchev–Trinajstić information content (AvgIpc) is 3.06. The number of benzene rings is 2. The minimum Gasteiger partial charge on any atom is -0.507 e. The van der Waals surface area contributed by atoms with Gasteiger partial charge in [-0.05, 0) is 44.3 Å². The number of carbonyl (C=O) groups excluding carboxylic acids is 2. The van der Waals surface area contributed by atoms with Crippen LogP contribution in [-0.4, -0.2) is 59.9 Å². The topological polar surface area (TPSA) is 70.1 Å². The Morgan fingerprint density at radius 3 is 2.50 bits per heavy atom. The van der Waals surface area contributed by atoms with Crippen molar-refractivity contribution in [3.8, 4) is 5.75 Å². The van der Waals surface area contributed by atoms with E-state index in [2.05, 4.69) is 18.7 Å². The third-order valence-electron chi connectivity index (χ3n) is 5.85. The van der Waals surface area contributed by atoms with E-state index in [9.17, 15) is 19.1 Å². The summed E-state index contributed by atoms with van der Waals surface area (Å²) in [6, 6.07) is 11.6. The molecule has 1 atom stereocenters.